The van der Waals surface area contributed by atoms with Crippen molar-refractivity contribution in [3.8, 4) is 11.4 Å². The van der Waals surface area contributed by atoms with Gasteiger partial charge in [-0.05, 0) is 28.1 Å². The Morgan fingerprint density at radius 3 is 2.72 bits per heavy atom. The van der Waals surface area contributed by atoms with Crippen molar-refractivity contribution in [3.63, 3.8) is 0 Å². The average molecular weight is 310 g/mol. The molecule has 0 aliphatic heterocycles. The zero-order valence-electron chi connectivity index (χ0n) is 8.92. The van der Waals surface area contributed by atoms with Crippen LogP contribution in [0.4, 0.5) is 8.78 Å². The van der Waals surface area contributed by atoms with Gasteiger partial charge in [-0.2, -0.15) is 0 Å². The summed E-state index contributed by atoms with van der Waals surface area (Å²) in [5, 5.41) is 0. The number of aromatic nitrogens is 3. The van der Waals surface area contributed by atoms with Gasteiger partial charge in [0.2, 0.25) is 0 Å². The Morgan fingerprint density at radius 1 is 1.11 bits per heavy atom. The number of H-pyrrole nitrogens is 1. The van der Waals surface area contributed by atoms with Crippen LogP contribution in [0.3, 0.4) is 0 Å². The van der Waals surface area contributed by atoms with E-state index in [4.69, 9.17) is 0 Å². The van der Waals surface area contributed by atoms with Gasteiger partial charge < -0.3 is 4.98 Å². The summed E-state index contributed by atoms with van der Waals surface area (Å²) in [7, 11) is 0. The largest absolute Gasteiger partial charge is 0.338 e. The van der Waals surface area contributed by atoms with E-state index in [9.17, 15) is 8.78 Å². The maximum atomic E-state index is 13.5. The first-order valence-corrected chi connectivity index (χ1v) is 5.88. The van der Waals surface area contributed by atoms with Crippen molar-refractivity contribution >= 4 is 27.0 Å². The van der Waals surface area contributed by atoms with Crippen molar-refractivity contribution in [2.75, 3.05) is 0 Å². The molecule has 0 aliphatic rings. The predicted molar refractivity (Wildman–Crippen MR) is 66.9 cm³/mol. The lowest BCUT2D eigenvalue weighted by atomic mass is 10.3. The van der Waals surface area contributed by atoms with Gasteiger partial charge in [0.1, 0.15) is 17.2 Å². The van der Waals surface area contributed by atoms with Crippen LogP contribution in [0.15, 0.2) is 35.1 Å². The molecular weight excluding hydrogens is 304 g/mol. The second-order valence-electron chi connectivity index (χ2n) is 3.76. The van der Waals surface area contributed by atoms with E-state index in [0.717, 1.165) is 10.5 Å². The van der Waals surface area contributed by atoms with Crippen molar-refractivity contribution in [1.29, 1.82) is 0 Å². The number of rotatable bonds is 1. The van der Waals surface area contributed by atoms with E-state index in [-0.39, 0.29) is 5.52 Å². The fraction of sp³-hybridized carbons (Fsp3) is 0. The van der Waals surface area contributed by atoms with E-state index in [2.05, 4.69) is 30.9 Å². The van der Waals surface area contributed by atoms with Gasteiger partial charge in [0, 0.05) is 28.5 Å². The number of fused-ring (bicyclic) bond motifs is 1. The number of hydrogen-bond acceptors (Lipinski definition) is 2. The summed E-state index contributed by atoms with van der Waals surface area (Å²) in [6, 6.07) is 3.81. The fourth-order valence-electron chi connectivity index (χ4n) is 1.72. The molecule has 0 saturated heterocycles. The molecule has 90 valence electrons. The quantitative estimate of drug-likeness (QED) is 0.745. The first kappa shape index (κ1) is 11.3. The Labute approximate surface area is 109 Å². The van der Waals surface area contributed by atoms with Gasteiger partial charge in [-0.1, -0.05) is 0 Å². The number of imidazole rings is 1. The smallest absolute Gasteiger partial charge is 0.153 e. The van der Waals surface area contributed by atoms with Crippen LogP contribution < -0.4 is 0 Å². The molecule has 6 heteroatoms. The Hall–Kier alpha value is -1.82. The highest BCUT2D eigenvalue weighted by Gasteiger charge is 2.11. The zero-order chi connectivity index (χ0) is 12.7. The van der Waals surface area contributed by atoms with Crippen molar-refractivity contribution < 1.29 is 8.78 Å². The van der Waals surface area contributed by atoms with Gasteiger partial charge in [-0.15, -0.1) is 0 Å². The Balaban J connectivity index is 2.22. The van der Waals surface area contributed by atoms with Crippen LogP contribution in [-0.2, 0) is 0 Å². The molecule has 1 aromatic carbocycles. The molecule has 0 radical (unpaired) electrons. The number of aromatic amines is 1. The molecule has 0 atom stereocenters. The molecule has 0 saturated carbocycles. The van der Waals surface area contributed by atoms with Gasteiger partial charge in [0.25, 0.3) is 0 Å². The molecule has 18 heavy (non-hydrogen) atoms. The van der Waals surface area contributed by atoms with E-state index in [1.807, 2.05) is 0 Å². The van der Waals surface area contributed by atoms with Crippen LogP contribution in [0.25, 0.3) is 22.4 Å². The normalized spacial score (nSPS) is 11.1. The molecule has 2 aromatic heterocycles. The molecule has 3 nitrogen and oxygen atoms in total. The van der Waals surface area contributed by atoms with E-state index >= 15 is 0 Å². The SMILES string of the molecule is Fc1cc(F)c2nc(-c3cncc(Br)c3)[nH]c2c1. The molecule has 1 N–H and O–H groups in total. The van der Waals surface area contributed by atoms with Crippen molar-refractivity contribution in [2.24, 2.45) is 0 Å². The third kappa shape index (κ3) is 1.88. The molecule has 2 heterocycles. The number of benzene rings is 1. The molecule has 3 aromatic rings. The first-order chi connectivity index (χ1) is 8.63. The number of hydrogen-bond donors (Lipinski definition) is 1. The number of nitrogens with one attached hydrogen (secondary N) is 1. The third-order valence-electron chi connectivity index (χ3n) is 2.48. The zero-order valence-corrected chi connectivity index (χ0v) is 10.5. The summed E-state index contributed by atoms with van der Waals surface area (Å²) in [6.07, 6.45) is 3.23. The third-order valence-corrected chi connectivity index (χ3v) is 2.92. The van der Waals surface area contributed by atoms with Crippen LogP contribution in [-0.4, -0.2) is 15.0 Å². The van der Waals surface area contributed by atoms with Gasteiger partial charge in [0.05, 0.1) is 5.52 Å². The Kier molecular flexibility index (Phi) is 2.59. The highest BCUT2D eigenvalue weighted by molar-refractivity contribution is 9.10. The lowest BCUT2D eigenvalue weighted by Crippen LogP contribution is -1.82. The number of halogens is 3. The second-order valence-corrected chi connectivity index (χ2v) is 4.68. The first-order valence-electron chi connectivity index (χ1n) is 5.09. The highest BCUT2D eigenvalue weighted by atomic mass is 79.9. The predicted octanol–water partition coefficient (Wildman–Crippen LogP) is 3.67. The minimum absolute atomic E-state index is 0.117. The van der Waals surface area contributed by atoms with Crippen LogP contribution in [0.1, 0.15) is 0 Å². The lowest BCUT2D eigenvalue weighted by molar-refractivity contribution is 0.591. The fourth-order valence-corrected chi connectivity index (χ4v) is 2.09. The van der Waals surface area contributed by atoms with Crippen molar-refractivity contribution in [2.45, 2.75) is 0 Å². The van der Waals surface area contributed by atoms with E-state index in [1.165, 1.54) is 6.07 Å². The van der Waals surface area contributed by atoms with E-state index < -0.39 is 11.6 Å². The summed E-state index contributed by atoms with van der Waals surface area (Å²) in [6.45, 7) is 0. The maximum absolute atomic E-state index is 13.5. The summed E-state index contributed by atoms with van der Waals surface area (Å²) >= 11 is 3.29. The highest BCUT2D eigenvalue weighted by Crippen LogP contribution is 2.24. The molecule has 3 rings (SSSR count). The average Bonchev–Trinajstić information content (AvgIpc) is 2.73. The van der Waals surface area contributed by atoms with E-state index in [1.54, 1.807) is 18.5 Å². The van der Waals surface area contributed by atoms with Crippen molar-refractivity contribution in [1.82, 2.24) is 15.0 Å². The maximum Gasteiger partial charge on any atom is 0.153 e. The summed E-state index contributed by atoms with van der Waals surface area (Å²) < 4.78 is 27.4. The second kappa shape index (κ2) is 4.13. The van der Waals surface area contributed by atoms with Gasteiger partial charge in [-0.3, -0.25) is 4.98 Å². The number of nitrogens with zero attached hydrogens (tertiary/aromatic N) is 2. The lowest BCUT2D eigenvalue weighted by Gasteiger charge is -1.95. The van der Waals surface area contributed by atoms with Crippen LogP contribution >= 0.6 is 15.9 Å². The monoisotopic (exact) mass is 309 g/mol. The van der Waals surface area contributed by atoms with Gasteiger partial charge in [-0.25, -0.2) is 13.8 Å². The summed E-state index contributed by atoms with van der Waals surface area (Å²) in [5.74, 6) is -0.874. The van der Waals surface area contributed by atoms with E-state index in [0.29, 0.717) is 16.9 Å². The molecule has 0 bridgehead atoms. The standard InChI is InChI=1S/C12H6BrF2N3/c13-7-1-6(4-16-5-7)12-17-10-3-8(14)2-9(15)11(10)18-12/h1-5H,(H,17,18). The molecular formula is C12H6BrF2N3. The minimum Gasteiger partial charge on any atom is -0.338 e. The summed E-state index contributed by atoms with van der Waals surface area (Å²) in [5.41, 5.74) is 1.13. The van der Waals surface area contributed by atoms with Crippen LogP contribution in [0.2, 0.25) is 0 Å². The summed E-state index contributed by atoms with van der Waals surface area (Å²) in [4.78, 5) is 11.0. The van der Waals surface area contributed by atoms with Crippen molar-refractivity contribution in [3.05, 3.63) is 46.7 Å². The van der Waals surface area contributed by atoms with Crippen LogP contribution in [0.5, 0.6) is 0 Å². The van der Waals surface area contributed by atoms with Gasteiger partial charge >= 0.3 is 0 Å². The van der Waals surface area contributed by atoms with Gasteiger partial charge in [0.15, 0.2) is 5.82 Å². The molecule has 0 fully saturated rings. The number of pyridine rings is 1. The van der Waals surface area contributed by atoms with Crippen LogP contribution in [0, 0.1) is 11.6 Å². The molecule has 0 spiro atoms. The molecule has 0 amide bonds. The minimum atomic E-state index is -0.685. The molecule has 0 unspecified atom stereocenters. The molecule has 0 aliphatic carbocycles. The Morgan fingerprint density at radius 2 is 1.94 bits per heavy atom. The Bertz CT molecular complexity index is 739. The topological polar surface area (TPSA) is 41.6 Å².